The second-order valence-electron chi connectivity index (χ2n) is 9.33. The first-order valence-electron chi connectivity index (χ1n) is 12.9. The zero-order valence-electron chi connectivity index (χ0n) is 21.2. The molecule has 0 aliphatic heterocycles. The van der Waals surface area contributed by atoms with Gasteiger partial charge in [-0.2, -0.15) is 9.97 Å². The topological polar surface area (TPSA) is 121 Å². The molecule has 1 fully saturated rings. The van der Waals surface area contributed by atoms with Gasteiger partial charge in [0.1, 0.15) is 24.0 Å². The lowest BCUT2D eigenvalue weighted by Gasteiger charge is -2.27. The lowest BCUT2D eigenvalue weighted by Crippen LogP contribution is -2.41. The molecule has 4 rings (SSSR count). The van der Waals surface area contributed by atoms with E-state index >= 15 is 0 Å². The smallest absolute Gasteiger partial charge is 0.242 e. The standard InChI is InChI=1S/C27H34N8O2/c1-3-29-27-33-24(14-25(34-27)35-16-22(17-36)31-18-35)32-23(13-19-7-5-4-6-8-19)26(37)30-15-20-9-11-21(28-2)12-10-20/h9-12,14,16,18-19,23,36H,3-8,13,15,17H2,1H3,(H,30,37)(H2,29,32,33,34). The Morgan fingerprint density at radius 3 is 2.68 bits per heavy atom. The summed E-state index contributed by atoms with van der Waals surface area (Å²) in [6.07, 6.45) is 9.93. The molecule has 194 valence electrons. The third-order valence-electron chi connectivity index (χ3n) is 6.57. The lowest BCUT2D eigenvalue weighted by atomic mass is 9.84. The number of imidazole rings is 1. The Kier molecular flexibility index (Phi) is 9.05. The first-order chi connectivity index (χ1) is 18.1. The fourth-order valence-corrected chi connectivity index (χ4v) is 4.62. The molecule has 10 nitrogen and oxygen atoms in total. The van der Waals surface area contributed by atoms with E-state index in [0.717, 1.165) is 24.8 Å². The number of benzene rings is 1. The van der Waals surface area contributed by atoms with E-state index in [1.807, 2.05) is 19.1 Å². The number of amides is 1. The maximum absolute atomic E-state index is 13.4. The molecule has 1 saturated carbocycles. The molecule has 0 spiro atoms. The SMILES string of the molecule is [C-]#[N+]c1ccc(CNC(=O)C(CC2CCCCC2)Nc2cc(-n3cnc(CO)c3)nc(NCC)n2)cc1. The third kappa shape index (κ3) is 7.27. The molecule has 1 aliphatic rings. The van der Waals surface area contributed by atoms with Crippen LogP contribution >= 0.6 is 0 Å². The summed E-state index contributed by atoms with van der Waals surface area (Å²) in [5.74, 6) is 1.95. The Bertz CT molecular complexity index is 1210. The number of anilines is 2. The zero-order valence-corrected chi connectivity index (χ0v) is 21.2. The van der Waals surface area contributed by atoms with Crippen LogP contribution in [-0.2, 0) is 17.9 Å². The van der Waals surface area contributed by atoms with Crippen molar-refractivity contribution in [3.63, 3.8) is 0 Å². The van der Waals surface area contributed by atoms with Gasteiger partial charge < -0.3 is 21.1 Å². The first kappa shape index (κ1) is 26.1. The summed E-state index contributed by atoms with van der Waals surface area (Å²) in [4.78, 5) is 30.2. The highest BCUT2D eigenvalue weighted by atomic mass is 16.3. The molecule has 0 saturated heterocycles. The second kappa shape index (κ2) is 12.8. The number of nitrogens with one attached hydrogen (secondary N) is 3. The number of nitrogens with zero attached hydrogens (tertiary/aromatic N) is 5. The minimum Gasteiger partial charge on any atom is -0.390 e. The predicted molar refractivity (Wildman–Crippen MR) is 142 cm³/mol. The van der Waals surface area contributed by atoms with Gasteiger partial charge in [-0.25, -0.2) is 9.83 Å². The van der Waals surface area contributed by atoms with Gasteiger partial charge in [0, 0.05) is 25.4 Å². The first-order valence-corrected chi connectivity index (χ1v) is 12.9. The molecule has 10 heteroatoms. The van der Waals surface area contributed by atoms with E-state index in [1.165, 1.54) is 19.3 Å². The number of carbonyl (C=O) groups excluding carboxylic acids is 1. The summed E-state index contributed by atoms with van der Waals surface area (Å²) < 4.78 is 1.72. The number of aromatic nitrogens is 4. The van der Waals surface area contributed by atoms with Gasteiger partial charge in [-0.15, -0.1) is 0 Å². The monoisotopic (exact) mass is 502 g/mol. The molecular weight excluding hydrogens is 468 g/mol. The van der Waals surface area contributed by atoms with Gasteiger partial charge >= 0.3 is 0 Å². The van der Waals surface area contributed by atoms with Crippen LogP contribution < -0.4 is 16.0 Å². The summed E-state index contributed by atoms with van der Waals surface area (Å²) in [6.45, 7) is 9.95. The van der Waals surface area contributed by atoms with E-state index in [0.29, 0.717) is 48.0 Å². The number of rotatable bonds is 11. The van der Waals surface area contributed by atoms with Crippen LogP contribution in [0.5, 0.6) is 0 Å². The largest absolute Gasteiger partial charge is 0.390 e. The number of carbonyl (C=O) groups is 1. The quantitative estimate of drug-likeness (QED) is 0.290. The molecule has 37 heavy (non-hydrogen) atoms. The van der Waals surface area contributed by atoms with Gasteiger partial charge in [0.15, 0.2) is 5.69 Å². The van der Waals surface area contributed by atoms with Gasteiger partial charge in [0.25, 0.3) is 0 Å². The van der Waals surface area contributed by atoms with E-state index in [4.69, 9.17) is 6.57 Å². The van der Waals surface area contributed by atoms with Crippen LogP contribution in [-0.4, -0.2) is 43.1 Å². The highest BCUT2D eigenvalue weighted by molar-refractivity contribution is 5.84. The van der Waals surface area contributed by atoms with Crippen molar-refractivity contribution < 1.29 is 9.90 Å². The van der Waals surface area contributed by atoms with Crippen LogP contribution in [0.15, 0.2) is 42.9 Å². The van der Waals surface area contributed by atoms with Crippen molar-refractivity contribution in [3.05, 3.63) is 65.5 Å². The van der Waals surface area contributed by atoms with Crippen molar-refractivity contribution in [2.45, 2.75) is 64.6 Å². The molecule has 3 aromatic rings. The van der Waals surface area contributed by atoms with Crippen molar-refractivity contribution in [2.24, 2.45) is 5.92 Å². The summed E-state index contributed by atoms with van der Waals surface area (Å²) in [5, 5.41) is 19.0. The summed E-state index contributed by atoms with van der Waals surface area (Å²) in [6, 6.07) is 8.57. The maximum atomic E-state index is 13.4. The number of hydrogen-bond acceptors (Lipinski definition) is 7. The molecule has 4 N–H and O–H groups in total. The summed E-state index contributed by atoms with van der Waals surface area (Å²) in [5.41, 5.74) is 2.06. The highest BCUT2D eigenvalue weighted by Crippen LogP contribution is 2.28. The Balaban J connectivity index is 1.54. The Morgan fingerprint density at radius 1 is 1.22 bits per heavy atom. The van der Waals surface area contributed by atoms with Crippen LogP contribution in [0, 0.1) is 12.5 Å². The number of aliphatic hydroxyl groups excluding tert-OH is 1. The minimum absolute atomic E-state index is 0.0878. The molecule has 1 atom stereocenters. The minimum atomic E-state index is -0.460. The van der Waals surface area contributed by atoms with Crippen molar-refractivity contribution in [3.8, 4) is 5.82 Å². The molecule has 0 radical (unpaired) electrons. The Morgan fingerprint density at radius 2 is 2.00 bits per heavy atom. The molecule has 1 aliphatic carbocycles. The third-order valence-corrected chi connectivity index (χ3v) is 6.57. The van der Waals surface area contributed by atoms with Crippen LogP contribution in [0.2, 0.25) is 0 Å². The van der Waals surface area contributed by atoms with Crippen LogP contribution in [0.4, 0.5) is 17.5 Å². The van der Waals surface area contributed by atoms with Gasteiger partial charge in [-0.05, 0) is 24.8 Å². The van der Waals surface area contributed by atoms with E-state index < -0.39 is 6.04 Å². The van der Waals surface area contributed by atoms with Gasteiger partial charge in [-0.1, -0.05) is 56.4 Å². The van der Waals surface area contributed by atoms with Crippen molar-refractivity contribution in [1.82, 2.24) is 24.8 Å². The fourth-order valence-electron chi connectivity index (χ4n) is 4.62. The van der Waals surface area contributed by atoms with Gasteiger partial charge in [0.2, 0.25) is 11.9 Å². The van der Waals surface area contributed by atoms with E-state index in [2.05, 4.69) is 35.7 Å². The van der Waals surface area contributed by atoms with Crippen LogP contribution in [0.25, 0.3) is 10.7 Å². The summed E-state index contributed by atoms with van der Waals surface area (Å²) >= 11 is 0. The van der Waals surface area contributed by atoms with Gasteiger partial charge in [0.05, 0.1) is 18.9 Å². The molecular formula is C27H34N8O2. The fraction of sp³-hybridized carbons (Fsp3) is 0.444. The molecule has 1 unspecified atom stereocenters. The molecule has 0 bridgehead atoms. The average molecular weight is 503 g/mol. The van der Waals surface area contributed by atoms with E-state index in [1.54, 1.807) is 35.3 Å². The number of hydrogen-bond donors (Lipinski definition) is 4. The highest BCUT2D eigenvalue weighted by Gasteiger charge is 2.25. The van der Waals surface area contributed by atoms with Crippen molar-refractivity contribution >= 4 is 23.4 Å². The molecule has 2 heterocycles. The number of aliphatic hydroxyl groups is 1. The Labute approximate surface area is 217 Å². The maximum Gasteiger partial charge on any atom is 0.242 e. The Hall–Kier alpha value is -3.97. The molecule has 1 amide bonds. The summed E-state index contributed by atoms with van der Waals surface area (Å²) in [7, 11) is 0. The van der Waals surface area contributed by atoms with E-state index in [9.17, 15) is 9.90 Å². The van der Waals surface area contributed by atoms with Crippen molar-refractivity contribution in [1.29, 1.82) is 0 Å². The second-order valence-corrected chi connectivity index (χ2v) is 9.33. The van der Waals surface area contributed by atoms with Crippen LogP contribution in [0.1, 0.15) is 56.7 Å². The van der Waals surface area contributed by atoms with Gasteiger partial charge in [-0.3, -0.25) is 9.36 Å². The molecule has 1 aromatic carbocycles. The lowest BCUT2D eigenvalue weighted by molar-refractivity contribution is -0.122. The predicted octanol–water partition coefficient (Wildman–Crippen LogP) is 4.20. The van der Waals surface area contributed by atoms with Crippen molar-refractivity contribution in [2.75, 3.05) is 17.2 Å². The van der Waals surface area contributed by atoms with Crippen LogP contribution in [0.3, 0.4) is 0 Å². The molecule has 2 aromatic heterocycles. The van der Waals surface area contributed by atoms with E-state index in [-0.39, 0.29) is 12.5 Å². The zero-order chi connectivity index (χ0) is 26.0. The average Bonchev–Trinajstić information content (AvgIpc) is 3.42. The normalized spacial score (nSPS) is 14.5.